The lowest BCUT2D eigenvalue weighted by Gasteiger charge is -2.15. The molecule has 0 spiro atoms. The van der Waals surface area contributed by atoms with Gasteiger partial charge in [-0.15, -0.1) is 0 Å². The van der Waals surface area contributed by atoms with Crippen LogP contribution in [0.4, 0.5) is 10.1 Å². The lowest BCUT2D eigenvalue weighted by molar-refractivity contribution is 0.102. The molecule has 3 aromatic rings. The molecule has 3 rings (SSSR count). The van der Waals surface area contributed by atoms with E-state index in [1.54, 1.807) is 6.20 Å². The molecule has 27 heavy (non-hydrogen) atoms. The van der Waals surface area contributed by atoms with Crippen molar-refractivity contribution in [3.63, 3.8) is 0 Å². The molecule has 0 saturated heterocycles. The molecule has 1 aromatic carbocycles. The molecule has 0 bridgehead atoms. The van der Waals surface area contributed by atoms with Gasteiger partial charge >= 0.3 is 5.69 Å². The number of pyridine rings is 1. The van der Waals surface area contributed by atoms with Crippen molar-refractivity contribution in [3.8, 4) is 0 Å². The summed E-state index contributed by atoms with van der Waals surface area (Å²) in [4.78, 5) is 41.8. The SMILES string of the molecule is CCCc1cnc2c(c1NC(=O)c1ccc(F)cc1)c(=O)n(C)c(=O)n2C. The second kappa shape index (κ2) is 7.14. The third-order valence-electron chi connectivity index (χ3n) is 4.41. The van der Waals surface area contributed by atoms with E-state index < -0.39 is 23.0 Å². The van der Waals surface area contributed by atoms with Gasteiger partial charge in [0.1, 0.15) is 11.2 Å². The smallest absolute Gasteiger partial charge is 0.321 e. The van der Waals surface area contributed by atoms with E-state index in [2.05, 4.69) is 10.3 Å². The van der Waals surface area contributed by atoms with Crippen LogP contribution in [-0.2, 0) is 20.5 Å². The van der Waals surface area contributed by atoms with Crippen molar-refractivity contribution in [2.24, 2.45) is 14.1 Å². The normalized spacial score (nSPS) is 11.0. The Labute approximate surface area is 154 Å². The molecule has 0 aliphatic rings. The van der Waals surface area contributed by atoms with E-state index in [4.69, 9.17) is 0 Å². The highest BCUT2D eigenvalue weighted by atomic mass is 19.1. The number of benzene rings is 1. The number of nitrogens with zero attached hydrogens (tertiary/aromatic N) is 3. The van der Waals surface area contributed by atoms with Crippen LogP contribution in [0.1, 0.15) is 29.3 Å². The Hall–Kier alpha value is -3.29. The standard InChI is InChI=1S/C19H19FN4O3/c1-4-5-12-10-21-16-14(18(26)24(3)19(27)23(16)2)15(12)22-17(25)11-6-8-13(20)9-7-11/h6-10H,4-5H2,1-3H3,(H,21,22,25). The number of hydrogen-bond donors (Lipinski definition) is 1. The van der Waals surface area contributed by atoms with E-state index in [-0.39, 0.29) is 16.6 Å². The van der Waals surface area contributed by atoms with Gasteiger partial charge in [-0.3, -0.25) is 18.7 Å². The number of hydrogen-bond acceptors (Lipinski definition) is 4. The van der Waals surface area contributed by atoms with E-state index >= 15 is 0 Å². The van der Waals surface area contributed by atoms with Crippen LogP contribution in [0.5, 0.6) is 0 Å². The van der Waals surface area contributed by atoms with Crippen LogP contribution in [-0.4, -0.2) is 20.0 Å². The van der Waals surface area contributed by atoms with Crippen LogP contribution in [0.2, 0.25) is 0 Å². The fourth-order valence-corrected chi connectivity index (χ4v) is 2.96. The van der Waals surface area contributed by atoms with Gasteiger partial charge in [0.2, 0.25) is 0 Å². The second-order valence-corrected chi connectivity index (χ2v) is 6.27. The lowest BCUT2D eigenvalue weighted by Crippen LogP contribution is -2.38. The molecular formula is C19H19FN4O3. The van der Waals surface area contributed by atoms with Crippen LogP contribution >= 0.6 is 0 Å². The molecule has 1 amide bonds. The Kier molecular flexibility index (Phi) is 4.89. The molecule has 0 radical (unpaired) electrons. The number of rotatable bonds is 4. The van der Waals surface area contributed by atoms with E-state index in [0.29, 0.717) is 17.7 Å². The predicted molar refractivity (Wildman–Crippen MR) is 101 cm³/mol. The fraction of sp³-hybridized carbons (Fsp3) is 0.263. The number of carbonyl (C=O) groups is 1. The van der Waals surface area contributed by atoms with Crippen LogP contribution in [0.25, 0.3) is 11.0 Å². The quantitative estimate of drug-likeness (QED) is 0.761. The first-order chi connectivity index (χ1) is 12.8. The Morgan fingerprint density at radius 1 is 1.15 bits per heavy atom. The van der Waals surface area contributed by atoms with Gasteiger partial charge in [-0.05, 0) is 36.2 Å². The largest absolute Gasteiger partial charge is 0.332 e. The van der Waals surface area contributed by atoms with E-state index in [1.165, 1.54) is 42.9 Å². The van der Waals surface area contributed by atoms with Crippen LogP contribution < -0.4 is 16.6 Å². The minimum Gasteiger partial charge on any atom is -0.321 e. The predicted octanol–water partition coefficient (Wildman–Crippen LogP) is 1.98. The number of amides is 1. The zero-order valence-electron chi connectivity index (χ0n) is 15.2. The van der Waals surface area contributed by atoms with Crippen molar-refractivity contribution in [3.05, 3.63) is 68.2 Å². The molecule has 1 N–H and O–H groups in total. The van der Waals surface area contributed by atoms with Crippen molar-refractivity contribution in [1.82, 2.24) is 14.1 Å². The first-order valence-corrected chi connectivity index (χ1v) is 8.49. The minimum absolute atomic E-state index is 0.168. The molecule has 7 nitrogen and oxygen atoms in total. The number of aryl methyl sites for hydroxylation is 2. The van der Waals surface area contributed by atoms with Gasteiger partial charge in [-0.2, -0.15) is 0 Å². The molecular weight excluding hydrogens is 351 g/mol. The highest BCUT2D eigenvalue weighted by molar-refractivity contribution is 6.08. The minimum atomic E-state index is -0.534. The summed E-state index contributed by atoms with van der Waals surface area (Å²) in [7, 11) is 2.89. The zero-order chi connectivity index (χ0) is 19.7. The molecule has 0 aliphatic heterocycles. The van der Waals surface area contributed by atoms with E-state index in [1.807, 2.05) is 6.92 Å². The zero-order valence-corrected chi connectivity index (χ0v) is 15.2. The maximum Gasteiger partial charge on any atom is 0.332 e. The molecule has 2 aromatic heterocycles. The summed E-state index contributed by atoms with van der Waals surface area (Å²) in [5.74, 6) is -0.924. The average Bonchev–Trinajstić information content (AvgIpc) is 2.66. The van der Waals surface area contributed by atoms with Gasteiger partial charge in [-0.25, -0.2) is 14.2 Å². The third-order valence-corrected chi connectivity index (χ3v) is 4.41. The third kappa shape index (κ3) is 3.25. The highest BCUT2D eigenvalue weighted by Gasteiger charge is 2.19. The van der Waals surface area contributed by atoms with Gasteiger partial charge in [0.15, 0.2) is 5.65 Å². The maximum absolute atomic E-state index is 13.1. The summed E-state index contributed by atoms with van der Waals surface area (Å²) in [6.07, 6.45) is 2.93. The summed E-state index contributed by atoms with van der Waals surface area (Å²) in [6, 6.07) is 5.10. The number of anilines is 1. The number of nitrogens with one attached hydrogen (secondary N) is 1. The number of aromatic nitrogens is 3. The molecule has 0 saturated carbocycles. The van der Waals surface area contributed by atoms with E-state index in [9.17, 15) is 18.8 Å². The summed E-state index contributed by atoms with van der Waals surface area (Å²) in [5.41, 5.74) is 0.429. The summed E-state index contributed by atoms with van der Waals surface area (Å²) < 4.78 is 15.4. The Morgan fingerprint density at radius 2 is 1.81 bits per heavy atom. The molecule has 0 aliphatic carbocycles. The monoisotopic (exact) mass is 370 g/mol. The first kappa shape index (κ1) is 18.5. The van der Waals surface area contributed by atoms with Gasteiger partial charge in [-0.1, -0.05) is 13.3 Å². The van der Waals surface area contributed by atoms with Crippen LogP contribution in [0.3, 0.4) is 0 Å². The van der Waals surface area contributed by atoms with Gasteiger partial charge in [0.25, 0.3) is 11.5 Å². The number of halogens is 1. The van der Waals surface area contributed by atoms with Crippen molar-refractivity contribution < 1.29 is 9.18 Å². The maximum atomic E-state index is 13.1. The van der Waals surface area contributed by atoms with Crippen molar-refractivity contribution >= 4 is 22.6 Å². The van der Waals surface area contributed by atoms with Gasteiger partial charge in [0, 0.05) is 25.9 Å². The summed E-state index contributed by atoms with van der Waals surface area (Å²) >= 11 is 0. The topological polar surface area (TPSA) is 86.0 Å². The fourth-order valence-electron chi connectivity index (χ4n) is 2.96. The molecule has 0 unspecified atom stereocenters. The van der Waals surface area contributed by atoms with E-state index in [0.717, 1.165) is 11.0 Å². The Morgan fingerprint density at radius 3 is 2.44 bits per heavy atom. The lowest BCUT2D eigenvalue weighted by atomic mass is 10.1. The second-order valence-electron chi connectivity index (χ2n) is 6.27. The molecule has 0 atom stereocenters. The molecule has 8 heteroatoms. The summed E-state index contributed by atoms with van der Waals surface area (Å²) in [5, 5.41) is 2.93. The van der Waals surface area contributed by atoms with Crippen molar-refractivity contribution in [1.29, 1.82) is 0 Å². The number of fused-ring (bicyclic) bond motifs is 1. The van der Waals surface area contributed by atoms with Gasteiger partial charge in [0.05, 0.1) is 5.69 Å². The highest BCUT2D eigenvalue weighted by Crippen LogP contribution is 2.24. The molecule has 140 valence electrons. The van der Waals surface area contributed by atoms with Gasteiger partial charge < -0.3 is 5.32 Å². The first-order valence-electron chi connectivity index (χ1n) is 8.49. The Balaban J connectivity index is 2.24. The Bertz CT molecular complexity index is 1150. The average molecular weight is 370 g/mol. The van der Waals surface area contributed by atoms with Crippen LogP contribution in [0, 0.1) is 5.82 Å². The molecule has 0 fully saturated rings. The van der Waals surface area contributed by atoms with Crippen LogP contribution in [0.15, 0.2) is 40.1 Å². The summed E-state index contributed by atoms with van der Waals surface area (Å²) in [6.45, 7) is 1.97. The number of carbonyl (C=O) groups excluding carboxylic acids is 1. The molecule has 2 heterocycles. The van der Waals surface area contributed by atoms with Crippen molar-refractivity contribution in [2.75, 3.05) is 5.32 Å². The van der Waals surface area contributed by atoms with Crippen molar-refractivity contribution in [2.45, 2.75) is 19.8 Å².